The van der Waals surface area contributed by atoms with Gasteiger partial charge in [-0.15, -0.1) is 0 Å². The topological polar surface area (TPSA) is 65.7 Å². The lowest BCUT2D eigenvalue weighted by molar-refractivity contribution is -0.146. The quantitative estimate of drug-likeness (QED) is 0.462. The number of benzene rings is 1. The summed E-state index contributed by atoms with van der Waals surface area (Å²) in [7, 11) is 0. The minimum atomic E-state index is -0.390. The van der Waals surface area contributed by atoms with E-state index < -0.39 is 5.97 Å². The number of unbranched alkanes of at least 4 members (excludes halogenated alkanes) is 1. The Labute approximate surface area is 140 Å². The third-order valence-electron chi connectivity index (χ3n) is 4.45. The van der Waals surface area contributed by atoms with Crippen LogP contribution in [0, 0.1) is 6.92 Å². The minimum Gasteiger partial charge on any atom is -0.481 e. The number of hydrogen-bond acceptors (Lipinski definition) is 5. The Kier molecular flexibility index (Phi) is 4.88. The first-order valence-corrected chi connectivity index (χ1v) is 8.48. The highest BCUT2D eigenvalue weighted by Gasteiger charge is 2.21. The van der Waals surface area contributed by atoms with Crippen LogP contribution >= 0.6 is 0 Å². The van der Waals surface area contributed by atoms with E-state index in [1.54, 1.807) is 0 Å². The van der Waals surface area contributed by atoms with E-state index in [0.29, 0.717) is 17.9 Å². The van der Waals surface area contributed by atoms with Gasteiger partial charge in [0, 0.05) is 16.5 Å². The van der Waals surface area contributed by atoms with Crippen LogP contribution in [0.2, 0.25) is 0 Å². The molecule has 0 atom stereocenters. The summed E-state index contributed by atoms with van der Waals surface area (Å²) in [6.45, 7) is 4.14. The Morgan fingerprint density at radius 1 is 1.25 bits per heavy atom. The molecule has 0 saturated carbocycles. The second-order valence-corrected chi connectivity index (χ2v) is 6.13. The fourth-order valence-electron chi connectivity index (χ4n) is 3.13. The Hall–Kier alpha value is -2.30. The molecule has 1 aliphatic carbocycles. The number of rotatable bonds is 6. The Morgan fingerprint density at radius 2 is 2.04 bits per heavy atom. The van der Waals surface area contributed by atoms with Crippen LogP contribution in [0.25, 0.3) is 11.0 Å². The second-order valence-electron chi connectivity index (χ2n) is 6.13. The standard InChI is InChI=1S/C19H22O5/c1-3-4-10-22-17(20)11-23-16-9-8-14-13-6-5-7-15(13)19(21)24-18(14)12(16)2/h8-9H,3-7,10-11H2,1-2H3. The first-order chi connectivity index (χ1) is 11.6. The third kappa shape index (κ3) is 3.16. The summed E-state index contributed by atoms with van der Waals surface area (Å²) in [5, 5.41) is 0.970. The van der Waals surface area contributed by atoms with Crippen LogP contribution < -0.4 is 10.4 Å². The molecule has 128 valence electrons. The van der Waals surface area contributed by atoms with E-state index in [1.165, 1.54) is 0 Å². The average Bonchev–Trinajstić information content (AvgIpc) is 3.06. The molecule has 0 aliphatic heterocycles. The van der Waals surface area contributed by atoms with Crippen molar-refractivity contribution in [3.63, 3.8) is 0 Å². The number of hydrogen-bond donors (Lipinski definition) is 0. The average molecular weight is 330 g/mol. The zero-order valence-electron chi connectivity index (χ0n) is 14.1. The van der Waals surface area contributed by atoms with Gasteiger partial charge in [0.25, 0.3) is 0 Å². The summed E-state index contributed by atoms with van der Waals surface area (Å²) in [6.07, 6.45) is 4.49. The fraction of sp³-hybridized carbons (Fsp3) is 0.474. The molecule has 0 unspecified atom stereocenters. The third-order valence-corrected chi connectivity index (χ3v) is 4.45. The summed E-state index contributed by atoms with van der Waals surface area (Å²) < 4.78 is 16.1. The van der Waals surface area contributed by atoms with E-state index in [1.807, 2.05) is 26.0 Å². The number of carbonyl (C=O) groups is 1. The highest BCUT2D eigenvalue weighted by atomic mass is 16.6. The molecule has 1 aliphatic rings. The van der Waals surface area contributed by atoms with Gasteiger partial charge in [0.2, 0.25) is 0 Å². The predicted molar refractivity (Wildman–Crippen MR) is 90.6 cm³/mol. The maximum atomic E-state index is 12.1. The Balaban J connectivity index is 1.81. The van der Waals surface area contributed by atoms with Gasteiger partial charge >= 0.3 is 11.6 Å². The van der Waals surface area contributed by atoms with Crippen molar-refractivity contribution >= 4 is 16.9 Å². The van der Waals surface area contributed by atoms with Crippen LogP contribution in [0.5, 0.6) is 5.75 Å². The van der Waals surface area contributed by atoms with Crippen LogP contribution in [-0.4, -0.2) is 19.2 Å². The lowest BCUT2D eigenvalue weighted by Crippen LogP contribution is -2.16. The van der Waals surface area contributed by atoms with Crippen molar-refractivity contribution in [2.45, 2.75) is 46.0 Å². The number of fused-ring (bicyclic) bond motifs is 3. The molecule has 24 heavy (non-hydrogen) atoms. The predicted octanol–water partition coefficient (Wildman–Crippen LogP) is 3.31. The molecule has 0 spiro atoms. The largest absolute Gasteiger partial charge is 0.481 e. The van der Waals surface area contributed by atoms with Gasteiger partial charge in [-0.25, -0.2) is 9.59 Å². The van der Waals surface area contributed by atoms with Crippen molar-refractivity contribution < 1.29 is 18.7 Å². The number of aryl methyl sites for hydroxylation is 2. The molecule has 0 bridgehead atoms. The van der Waals surface area contributed by atoms with E-state index in [0.717, 1.165) is 54.2 Å². The molecular formula is C19H22O5. The van der Waals surface area contributed by atoms with Gasteiger partial charge in [-0.05, 0) is 50.3 Å². The van der Waals surface area contributed by atoms with Crippen LogP contribution in [0.1, 0.15) is 42.9 Å². The number of ether oxygens (including phenoxy) is 2. The van der Waals surface area contributed by atoms with E-state index in [9.17, 15) is 9.59 Å². The molecule has 0 N–H and O–H groups in total. The van der Waals surface area contributed by atoms with Gasteiger partial charge in [-0.1, -0.05) is 13.3 Å². The molecular weight excluding hydrogens is 308 g/mol. The van der Waals surface area contributed by atoms with Crippen molar-refractivity contribution in [3.8, 4) is 5.75 Å². The summed E-state index contributed by atoms with van der Waals surface area (Å²) >= 11 is 0. The summed E-state index contributed by atoms with van der Waals surface area (Å²) in [5.41, 5.74) is 2.93. The van der Waals surface area contributed by atoms with Crippen molar-refractivity contribution in [1.82, 2.24) is 0 Å². The summed E-state index contributed by atoms with van der Waals surface area (Å²) in [6, 6.07) is 3.74. The zero-order chi connectivity index (χ0) is 17.1. The zero-order valence-corrected chi connectivity index (χ0v) is 14.1. The molecule has 2 aromatic rings. The first kappa shape index (κ1) is 16.6. The first-order valence-electron chi connectivity index (χ1n) is 8.48. The Bertz CT molecular complexity index is 819. The van der Waals surface area contributed by atoms with Gasteiger partial charge in [-0.3, -0.25) is 0 Å². The van der Waals surface area contributed by atoms with Crippen LogP contribution in [0.3, 0.4) is 0 Å². The van der Waals surface area contributed by atoms with Crippen molar-refractivity contribution in [2.75, 3.05) is 13.2 Å². The van der Waals surface area contributed by atoms with Gasteiger partial charge < -0.3 is 13.9 Å². The Morgan fingerprint density at radius 3 is 2.83 bits per heavy atom. The summed E-state index contributed by atoms with van der Waals surface area (Å²) in [4.78, 5) is 23.8. The molecule has 5 heteroatoms. The van der Waals surface area contributed by atoms with E-state index in [2.05, 4.69) is 0 Å². The van der Waals surface area contributed by atoms with Gasteiger partial charge in [-0.2, -0.15) is 0 Å². The van der Waals surface area contributed by atoms with Crippen LogP contribution in [0.4, 0.5) is 0 Å². The van der Waals surface area contributed by atoms with Crippen molar-refractivity contribution in [1.29, 1.82) is 0 Å². The van der Waals surface area contributed by atoms with Crippen LogP contribution in [-0.2, 0) is 22.4 Å². The maximum Gasteiger partial charge on any atom is 0.344 e. The van der Waals surface area contributed by atoms with Crippen molar-refractivity contribution in [3.05, 3.63) is 39.2 Å². The van der Waals surface area contributed by atoms with E-state index >= 15 is 0 Å². The van der Waals surface area contributed by atoms with Gasteiger partial charge in [0.1, 0.15) is 11.3 Å². The lowest BCUT2D eigenvalue weighted by atomic mass is 10.0. The molecule has 0 saturated heterocycles. The molecule has 1 heterocycles. The van der Waals surface area contributed by atoms with Crippen LogP contribution in [0.15, 0.2) is 21.3 Å². The van der Waals surface area contributed by atoms with Gasteiger partial charge in [0.05, 0.1) is 6.61 Å². The molecule has 1 aromatic carbocycles. The molecule has 0 fully saturated rings. The second kappa shape index (κ2) is 7.07. The number of carbonyl (C=O) groups excluding carboxylic acids is 1. The maximum absolute atomic E-state index is 12.1. The highest BCUT2D eigenvalue weighted by Crippen LogP contribution is 2.32. The molecule has 5 nitrogen and oxygen atoms in total. The fourth-order valence-corrected chi connectivity index (χ4v) is 3.13. The van der Waals surface area contributed by atoms with E-state index in [-0.39, 0.29) is 12.2 Å². The molecule has 0 radical (unpaired) electrons. The minimum absolute atomic E-state index is 0.148. The smallest absolute Gasteiger partial charge is 0.344 e. The normalized spacial score (nSPS) is 13.1. The number of esters is 1. The monoisotopic (exact) mass is 330 g/mol. The molecule has 1 aromatic heterocycles. The molecule has 0 amide bonds. The SMILES string of the molecule is CCCCOC(=O)COc1ccc2c3c(c(=O)oc2c1C)CCC3. The summed E-state index contributed by atoms with van der Waals surface area (Å²) in [5.74, 6) is 0.148. The highest BCUT2D eigenvalue weighted by molar-refractivity contribution is 5.86. The molecule has 3 rings (SSSR count). The van der Waals surface area contributed by atoms with Gasteiger partial charge in [0.15, 0.2) is 6.61 Å². The van der Waals surface area contributed by atoms with E-state index in [4.69, 9.17) is 13.9 Å². The lowest BCUT2D eigenvalue weighted by Gasteiger charge is -2.12. The van der Waals surface area contributed by atoms with Crippen molar-refractivity contribution in [2.24, 2.45) is 0 Å².